The number of sulfonamides is 1. The molecule has 0 fully saturated rings. The predicted molar refractivity (Wildman–Crippen MR) is 84.1 cm³/mol. The van der Waals surface area contributed by atoms with Crippen LogP contribution in [0.1, 0.15) is 12.5 Å². The third-order valence-corrected chi connectivity index (χ3v) is 4.79. The predicted octanol–water partition coefficient (Wildman–Crippen LogP) is 0.643. The van der Waals surface area contributed by atoms with Crippen molar-refractivity contribution in [3.05, 3.63) is 23.8 Å². The van der Waals surface area contributed by atoms with Crippen LogP contribution in [-0.2, 0) is 16.6 Å². The Morgan fingerprint density at radius 1 is 1.33 bits per heavy atom. The molecular formula is C14H25N3O3S. The molecule has 6 nitrogen and oxygen atoms in total. The van der Waals surface area contributed by atoms with Gasteiger partial charge in [0.25, 0.3) is 0 Å². The summed E-state index contributed by atoms with van der Waals surface area (Å²) in [7, 11) is 3.50. The quantitative estimate of drug-likeness (QED) is 0.737. The number of hydrogen-bond donors (Lipinski definition) is 2. The maximum Gasteiger partial charge on any atom is 0.244 e. The van der Waals surface area contributed by atoms with E-state index in [2.05, 4.69) is 10.0 Å². The van der Waals surface area contributed by atoms with Crippen LogP contribution in [0.2, 0.25) is 0 Å². The minimum atomic E-state index is -3.60. The molecule has 7 heteroatoms. The summed E-state index contributed by atoms with van der Waals surface area (Å²) in [4.78, 5) is 2.13. The van der Waals surface area contributed by atoms with Crippen molar-refractivity contribution in [2.24, 2.45) is 0 Å². The number of nitrogens with zero attached hydrogens (tertiary/aromatic N) is 1. The number of likely N-dealkylation sites (N-methyl/N-ethyl adjacent to an activating group) is 1. The van der Waals surface area contributed by atoms with E-state index in [0.717, 1.165) is 5.56 Å². The van der Waals surface area contributed by atoms with Crippen molar-refractivity contribution in [3.63, 3.8) is 0 Å². The van der Waals surface area contributed by atoms with Gasteiger partial charge in [-0.1, -0.05) is 6.07 Å². The van der Waals surface area contributed by atoms with E-state index in [-0.39, 0.29) is 10.9 Å². The molecule has 0 bridgehead atoms. The molecule has 0 amide bonds. The maximum absolute atomic E-state index is 12.5. The second kappa shape index (κ2) is 7.74. The molecule has 2 N–H and O–H groups in total. The average molecular weight is 315 g/mol. The summed E-state index contributed by atoms with van der Waals surface area (Å²) in [6, 6.07) is 5.26. The molecule has 0 aliphatic rings. The smallest absolute Gasteiger partial charge is 0.244 e. The van der Waals surface area contributed by atoms with Crippen molar-refractivity contribution < 1.29 is 13.2 Å². The molecular weight excluding hydrogens is 290 g/mol. The zero-order chi connectivity index (χ0) is 16.0. The zero-order valence-electron chi connectivity index (χ0n) is 13.3. The molecule has 0 aliphatic carbocycles. The fourth-order valence-electron chi connectivity index (χ4n) is 1.74. The fraction of sp³-hybridized carbons (Fsp3) is 0.571. The first-order valence-electron chi connectivity index (χ1n) is 6.79. The van der Waals surface area contributed by atoms with Crippen LogP contribution in [0.5, 0.6) is 5.75 Å². The number of hydrogen-bond acceptors (Lipinski definition) is 5. The van der Waals surface area contributed by atoms with Crippen LogP contribution in [-0.4, -0.2) is 54.2 Å². The highest BCUT2D eigenvalue weighted by atomic mass is 32.2. The molecule has 0 aromatic heterocycles. The summed E-state index contributed by atoms with van der Waals surface area (Å²) >= 11 is 0. The number of methoxy groups -OCH3 is 1. The topological polar surface area (TPSA) is 70.7 Å². The van der Waals surface area contributed by atoms with Gasteiger partial charge in [0.15, 0.2) is 0 Å². The molecule has 1 aromatic rings. The highest BCUT2D eigenvalue weighted by molar-refractivity contribution is 7.89. The Bertz CT molecular complexity index is 559. The van der Waals surface area contributed by atoms with Crippen LogP contribution < -0.4 is 14.8 Å². The third kappa shape index (κ3) is 4.96. The van der Waals surface area contributed by atoms with Gasteiger partial charge in [0.2, 0.25) is 10.0 Å². The first-order valence-corrected chi connectivity index (χ1v) is 8.27. The molecule has 0 saturated carbocycles. The second-order valence-corrected chi connectivity index (χ2v) is 6.92. The van der Waals surface area contributed by atoms with Gasteiger partial charge >= 0.3 is 0 Å². The van der Waals surface area contributed by atoms with Gasteiger partial charge in [0.1, 0.15) is 10.6 Å². The maximum atomic E-state index is 12.5. The minimum absolute atomic E-state index is 0.103. The Morgan fingerprint density at radius 2 is 2.00 bits per heavy atom. The van der Waals surface area contributed by atoms with Crippen molar-refractivity contribution in [2.45, 2.75) is 24.4 Å². The van der Waals surface area contributed by atoms with E-state index < -0.39 is 10.0 Å². The molecule has 1 atom stereocenters. The molecule has 0 saturated heterocycles. The van der Waals surface area contributed by atoms with Gasteiger partial charge in [0.05, 0.1) is 7.11 Å². The van der Waals surface area contributed by atoms with Gasteiger partial charge in [-0.25, -0.2) is 13.1 Å². The summed E-state index contributed by atoms with van der Waals surface area (Å²) in [5.41, 5.74) is 0.888. The van der Waals surface area contributed by atoms with E-state index in [9.17, 15) is 8.42 Å². The molecule has 0 heterocycles. The van der Waals surface area contributed by atoms with Crippen LogP contribution in [0, 0.1) is 0 Å². The van der Waals surface area contributed by atoms with E-state index >= 15 is 0 Å². The lowest BCUT2D eigenvalue weighted by atomic mass is 10.2. The van der Waals surface area contributed by atoms with Gasteiger partial charge in [-0.3, -0.25) is 0 Å². The van der Waals surface area contributed by atoms with Crippen molar-refractivity contribution in [2.75, 3.05) is 34.8 Å². The SMILES string of the molecule is CNCc1ccc(OC)c(S(=O)(=O)NCC(C)N(C)C)c1. The Labute approximate surface area is 127 Å². The zero-order valence-corrected chi connectivity index (χ0v) is 14.1. The van der Waals surface area contributed by atoms with Crippen molar-refractivity contribution >= 4 is 10.0 Å². The molecule has 1 aromatic carbocycles. The summed E-state index contributed by atoms with van der Waals surface area (Å²) in [5.74, 6) is 0.347. The average Bonchev–Trinajstić information content (AvgIpc) is 2.45. The first kappa shape index (κ1) is 17.9. The van der Waals surface area contributed by atoms with Gasteiger partial charge in [-0.15, -0.1) is 0 Å². The Morgan fingerprint density at radius 3 is 2.52 bits per heavy atom. The van der Waals surface area contributed by atoms with E-state index in [0.29, 0.717) is 18.8 Å². The van der Waals surface area contributed by atoms with Crippen molar-refractivity contribution in [3.8, 4) is 5.75 Å². The van der Waals surface area contributed by atoms with E-state index in [1.54, 1.807) is 12.1 Å². The first-order chi connectivity index (χ1) is 9.81. The normalized spacial score (nSPS) is 13.4. The Kier molecular flexibility index (Phi) is 6.60. The van der Waals surface area contributed by atoms with Crippen LogP contribution in [0.15, 0.2) is 23.1 Å². The summed E-state index contributed by atoms with van der Waals surface area (Å²) < 4.78 is 32.7. The number of rotatable bonds is 8. The number of nitrogens with one attached hydrogen (secondary N) is 2. The minimum Gasteiger partial charge on any atom is -0.495 e. The number of benzene rings is 1. The summed E-state index contributed by atoms with van der Waals surface area (Å²) in [6.07, 6.45) is 0. The van der Waals surface area contributed by atoms with Crippen molar-refractivity contribution in [1.82, 2.24) is 14.9 Å². The second-order valence-electron chi connectivity index (χ2n) is 5.18. The van der Waals surface area contributed by atoms with E-state index in [1.165, 1.54) is 7.11 Å². The van der Waals surface area contributed by atoms with Crippen LogP contribution in [0.3, 0.4) is 0 Å². The molecule has 0 aliphatic heterocycles. The van der Waals surface area contributed by atoms with Crippen LogP contribution >= 0.6 is 0 Å². The molecule has 1 rings (SSSR count). The Balaban J connectivity index is 3.02. The highest BCUT2D eigenvalue weighted by Gasteiger charge is 2.21. The molecule has 21 heavy (non-hydrogen) atoms. The lowest BCUT2D eigenvalue weighted by molar-refractivity contribution is 0.313. The lowest BCUT2D eigenvalue weighted by Crippen LogP contribution is -2.38. The highest BCUT2D eigenvalue weighted by Crippen LogP contribution is 2.24. The largest absolute Gasteiger partial charge is 0.495 e. The lowest BCUT2D eigenvalue weighted by Gasteiger charge is -2.20. The number of ether oxygens (including phenoxy) is 1. The fourth-order valence-corrected chi connectivity index (χ4v) is 3.07. The third-order valence-electron chi connectivity index (χ3n) is 3.35. The van der Waals surface area contributed by atoms with Gasteiger partial charge in [0, 0.05) is 19.1 Å². The van der Waals surface area contributed by atoms with E-state index in [1.807, 2.05) is 39.0 Å². The summed E-state index contributed by atoms with van der Waals surface area (Å²) in [6.45, 7) is 2.90. The standard InChI is InChI=1S/C14H25N3O3S/c1-11(17(3)4)9-16-21(18,19)14-8-12(10-15-2)6-7-13(14)20-5/h6-8,11,15-16H,9-10H2,1-5H3. The van der Waals surface area contributed by atoms with Gasteiger partial charge < -0.3 is 15.0 Å². The van der Waals surface area contributed by atoms with Crippen LogP contribution in [0.4, 0.5) is 0 Å². The molecule has 0 spiro atoms. The van der Waals surface area contributed by atoms with Gasteiger partial charge in [-0.05, 0) is 45.8 Å². The van der Waals surface area contributed by atoms with Gasteiger partial charge in [-0.2, -0.15) is 0 Å². The monoisotopic (exact) mass is 315 g/mol. The summed E-state index contributed by atoms with van der Waals surface area (Å²) in [5, 5.41) is 3.00. The Hall–Kier alpha value is -1.15. The molecule has 0 radical (unpaired) electrons. The molecule has 120 valence electrons. The van der Waals surface area contributed by atoms with E-state index in [4.69, 9.17) is 4.74 Å². The van der Waals surface area contributed by atoms with Crippen LogP contribution in [0.25, 0.3) is 0 Å². The molecule has 1 unspecified atom stereocenters. The van der Waals surface area contributed by atoms with Crippen molar-refractivity contribution in [1.29, 1.82) is 0 Å².